The van der Waals surface area contributed by atoms with E-state index < -0.39 is 0 Å². The second-order valence-corrected chi connectivity index (χ2v) is 27.8. The molecular weight excluding hydrogens is 1340 g/mol. The molecule has 0 N–H and O–H groups in total. The zero-order chi connectivity index (χ0) is 72.6. The van der Waals surface area contributed by atoms with Gasteiger partial charge in [0.15, 0.2) is 23.3 Å². The molecule has 512 valence electrons. The molecule has 14 aromatic carbocycles. The summed E-state index contributed by atoms with van der Waals surface area (Å²) in [7, 11) is 0. The minimum atomic E-state index is 0.617. The van der Waals surface area contributed by atoms with Crippen molar-refractivity contribution >= 4 is 86.7 Å². The van der Waals surface area contributed by atoms with Gasteiger partial charge in [0.05, 0.1) is 33.5 Å². The lowest BCUT2D eigenvalue weighted by Crippen LogP contribution is -2.00. The molecule has 0 aliphatic carbocycles. The number of rotatable bonds is 12. The lowest BCUT2D eigenvalue weighted by molar-refractivity contribution is 1.07. The molecule has 0 bridgehead atoms. The number of benzene rings is 14. The summed E-state index contributed by atoms with van der Waals surface area (Å²) in [5, 5.41) is 14.8. The first-order valence-electron chi connectivity index (χ1n) is 36.7. The zero-order valence-electron chi connectivity index (χ0n) is 59.1. The highest BCUT2D eigenvalue weighted by atomic mass is 15.0. The molecule has 0 amide bonds. The van der Waals surface area contributed by atoms with Gasteiger partial charge in [-0.2, -0.15) is 0 Å². The van der Waals surface area contributed by atoms with Crippen LogP contribution < -0.4 is 0 Å². The molecule has 0 unspecified atom stereocenters. The predicted octanol–water partition coefficient (Wildman–Crippen LogP) is 24.3. The van der Waals surface area contributed by atoms with Crippen molar-refractivity contribution in [2.45, 2.75) is 0 Å². The van der Waals surface area contributed by atoms with Gasteiger partial charge < -0.3 is 9.13 Å². The molecule has 0 saturated heterocycles. The zero-order valence-corrected chi connectivity index (χ0v) is 59.1. The van der Waals surface area contributed by atoms with Gasteiger partial charge in [-0.25, -0.2) is 24.9 Å². The second-order valence-electron chi connectivity index (χ2n) is 27.8. The van der Waals surface area contributed by atoms with Crippen LogP contribution >= 0.6 is 0 Å². The molecule has 110 heavy (non-hydrogen) atoms. The van der Waals surface area contributed by atoms with Crippen molar-refractivity contribution in [3.05, 3.63) is 371 Å². The van der Waals surface area contributed by atoms with Crippen molar-refractivity contribution in [3.8, 4) is 124 Å². The Balaban J connectivity index is 0.000000140. The molecular formula is C99H61N11. The van der Waals surface area contributed by atoms with Gasteiger partial charge in [0, 0.05) is 116 Å². The second kappa shape index (κ2) is 26.5. The normalized spacial score (nSPS) is 11.6. The SMILES string of the molecule is c1cc(-c2ccncc2)cc(-c2cc(-c3cccc(-c4ccncc4)c3)nc(-c3ccc4cc(-n5c6cccc7ccc8cccc5c8c76)ccc4c3)n2)c1.c1cc2ccc3cccc4c3c2c(c1)n4-c1ccc2cc(-c3nc(-c4ccc(-c5ccncc5)cc4)nc(-c4ccc(-c5ccncc5)cc4)n3)ccc2c1. The summed E-state index contributed by atoms with van der Waals surface area (Å²) in [6.07, 6.45) is 14.5. The van der Waals surface area contributed by atoms with Gasteiger partial charge >= 0.3 is 0 Å². The van der Waals surface area contributed by atoms with E-state index in [9.17, 15) is 0 Å². The van der Waals surface area contributed by atoms with Crippen LogP contribution in [0.4, 0.5) is 0 Å². The number of hydrogen-bond donors (Lipinski definition) is 0. The van der Waals surface area contributed by atoms with E-state index in [0.717, 1.165) is 122 Å². The summed E-state index contributed by atoms with van der Waals surface area (Å²) in [5.41, 5.74) is 23.5. The van der Waals surface area contributed by atoms with Crippen LogP contribution in [0.25, 0.3) is 211 Å². The molecule has 11 nitrogen and oxygen atoms in total. The van der Waals surface area contributed by atoms with Gasteiger partial charge in [0.25, 0.3) is 0 Å². The Morgan fingerprint density at radius 3 is 0.791 bits per heavy atom. The van der Waals surface area contributed by atoms with Gasteiger partial charge in [-0.15, -0.1) is 0 Å². The van der Waals surface area contributed by atoms with E-state index in [-0.39, 0.29) is 0 Å². The molecule has 8 aromatic heterocycles. The Kier molecular flexibility index (Phi) is 15.3. The number of pyridine rings is 4. The lowest BCUT2D eigenvalue weighted by atomic mass is 9.99. The molecule has 8 heterocycles. The highest BCUT2D eigenvalue weighted by Gasteiger charge is 2.21. The van der Waals surface area contributed by atoms with Gasteiger partial charge in [-0.1, -0.05) is 194 Å². The van der Waals surface area contributed by atoms with Gasteiger partial charge in [0.2, 0.25) is 0 Å². The van der Waals surface area contributed by atoms with Crippen molar-refractivity contribution in [1.82, 2.24) is 54.0 Å². The van der Waals surface area contributed by atoms with Crippen molar-refractivity contribution < 1.29 is 0 Å². The fourth-order valence-electron chi connectivity index (χ4n) is 16.0. The summed E-state index contributed by atoms with van der Waals surface area (Å²) < 4.78 is 4.79. The average Bonchev–Trinajstić information content (AvgIpc) is 1.57. The molecule has 0 aliphatic heterocycles. The van der Waals surface area contributed by atoms with Gasteiger partial charge in [-0.05, 0) is 215 Å². The summed E-state index contributed by atoms with van der Waals surface area (Å²) in [5.74, 6) is 2.53. The molecule has 22 aromatic rings. The molecule has 0 radical (unpaired) electrons. The van der Waals surface area contributed by atoms with E-state index in [0.29, 0.717) is 23.3 Å². The minimum absolute atomic E-state index is 0.617. The quantitative estimate of drug-likeness (QED) is 0.110. The van der Waals surface area contributed by atoms with Crippen molar-refractivity contribution in [2.24, 2.45) is 0 Å². The maximum atomic E-state index is 5.23. The molecule has 0 spiro atoms. The fourth-order valence-corrected chi connectivity index (χ4v) is 16.0. The van der Waals surface area contributed by atoms with Crippen LogP contribution in [0.3, 0.4) is 0 Å². The van der Waals surface area contributed by atoms with Crippen LogP contribution in [-0.2, 0) is 0 Å². The minimum Gasteiger partial charge on any atom is -0.309 e. The summed E-state index contributed by atoms with van der Waals surface area (Å²) >= 11 is 0. The highest BCUT2D eigenvalue weighted by molar-refractivity contribution is 6.25. The predicted molar refractivity (Wildman–Crippen MR) is 448 cm³/mol. The van der Waals surface area contributed by atoms with Gasteiger partial charge in [-0.3, -0.25) is 19.9 Å². The van der Waals surface area contributed by atoms with E-state index in [1.54, 1.807) is 0 Å². The lowest BCUT2D eigenvalue weighted by Gasteiger charge is -2.13. The van der Waals surface area contributed by atoms with E-state index in [1.807, 2.05) is 98.1 Å². The topological polar surface area (TPSA) is 126 Å². The monoisotopic (exact) mass is 1400 g/mol. The van der Waals surface area contributed by atoms with Crippen LogP contribution in [0.5, 0.6) is 0 Å². The number of nitrogens with zero attached hydrogens (tertiary/aromatic N) is 11. The first-order chi connectivity index (χ1) is 54.5. The molecule has 0 atom stereocenters. The Hall–Kier alpha value is -15.1. The molecule has 0 aliphatic rings. The van der Waals surface area contributed by atoms with E-state index in [1.165, 1.54) is 65.2 Å². The number of hydrogen-bond acceptors (Lipinski definition) is 9. The Morgan fingerprint density at radius 1 is 0.164 bits per heavy atom. The molecule has 22 rings (SSSR count). The Labute approximate surface area is 631 Å². The Morgan fingerprint density at radius 2 is 0.427 bits per heavy atom. The van der Waals surface area contributed by atoms with Crippen LogP contribution in [-0.4, -0.2) is 54.0 Å². The Bertz CT molecular complexity index is 6910. The molecule has 11 heteroatoms. The average molecular weight is 1400 g/mol. The maximum absolute atomic E-state index is 5.23. The smallest absolute Gasteiger partial charge is 0.164 e. The van der Waals surface area contributed by atoms with Crippen LogP contribution in [0.15, 0.2) is 371 Å². The highest BCUT2D eigenvalue weighted by Crippen LogP contribution is 2.43. The summed E-state index contributed by atoms with van der Waals surface area (Å²) in [4.78, 5) is 42.4. The largest absolute Gasteiger partial charge is 0.309 e. The van der Waals surface area contributed by atoms with Crippen molar-refractivity contribution in [2.75, 3.05) is 0 Å². The molecule has 0 fully saturated rings. The van der Waals surface area contributed by atoms with Crippen molar-refractivity contribution in [1.29, 1.82) is 0 Å². The first-order valence-corrected chi connectivity index (χ1v) is 36.7. The molecule has 0 saturated carbocycles. The fraction of sp³-hybridized carbons (Fsp3) is 0. The van der Waals surface area contributed by atoms with Crippen LogP contribution in [0.2, 0.25) is 0 Å². The van der Waals surface area contributed by atoms with E-state index in [4.69, 9.17) is 24.9 Å². The third kappa shape index (κ3) is 11.4. The number of fused-ring (bicyclic) bond motifs is 2. The van der Waals surface area contributed by atoms with E-state index >= 15 is 0 Å². The van der Waals surface area contributed by atoms with Crippen molar-refractivity contribution in [3.63, 3.8) is 0 Å². The van der Waals surface area contributed by atoms with Crippen LogP contribution in [0.1, 0.15) is 0 Å². The first kappa shape index (κ1) is 63.4. The maximum Gasteiger partial charge on any atom is 0.164 e. The van der Waals surface area contributed by atoms with E-state index in [2.05, 4.69) is 302 Å². The third-order valence-corrected chi connectivity index (χ3v) is 21.3. The third-order valence-electron chi connectivity index (χ3n) is 21.3. The summed E-state index contributed by atoms with van der Waals surface area (Å²) in [6.45, 7) is 0. The standard InChI is InChI=1S/C50H31N5.C49H30N6/c1-7-36(32-19-23-51-24-20-32)27-40(9-1)44-31-45(41-10-2-8-37(28-41)33-21-25-52-26-22-33)54-50(53-44)42-16-15-39-30-43(18-17-38(39)29-42)55-46-11-3-5-34-13-14-35-6-4-12-47(55)49(35)48(34)46;1-3-35-11-12-36-4-2-6-44-46(36)45(35)43(5-1)55(44)42-20-19-39-29-41(18-17-40(39)30-42)49-53-47(37-13-7-31(8-14-37)33-21-25-50-26-22-33)52-48(54-49)38-15-9-32(10-16-38)34-23-27-51-28-24-34/h1-31H;1-30H. The van der Waals surface area contributed by atoms with Gasteiger partial charge in [0.1, 0.15) is 0 Å². The van der Waals surface area contributed by atoms with Crippen LogP contribution in [0, 0.1) is 0 Å². The summed E-state index contributed by atoms with van der Waals surface area (Å²) in [6, 6.07) is 114. The number of aromatic nitrogens is 11.